The van der Waals surface area contributed by atoms with Gasteiger partial charge in [-0.25, -0.2) is 0 Å². The molecule has 0 spiro atoms. The zero-order chi connectivity index (χ0) is 17.5. The number of rotatable bonds is 6. The lowest BCUT2D eigenvalue weighted by atomic mass is 9.65. The van der Waals surface area contributed by atoms with E-state index in [4.69, 9.17) is 0 Å². The Morgan fingerprint density at radius 1 is 0.583 bits per heavy atom. The van der Waals surface area contributed by atoms with Gasteiger partial charge in [-0.15, -0.1) is 0 Å². The monoisotopic (exact) mass is 342 g/mol. The van der Waals surface area contributed by atoms with Gasteiger partial charge >= 0.3 is 0 Å². The second-order valence-electron chi connectivity index (χ2n) is 7.95. The van der Waals surface area contributed by atoms with Crippen LogP contribution in [-0.4, -0.2) is 35.1 Å². The van der Waals surface area contributed by atoms with Crippen molar-refractivity contribution in [3.05, 3.63) is 0 Å². The fourth-order valence-corrected chi connectivity index (χ4v) is 4.80. The van der Waals surface area contributed by atoms with Crippen molar-refractivity contribution in [1.82, 2.24) is 0 Å². The smallest absolute Gasteiger partial charge is 0.0436 e. The maximum Gasteiger partial charge on any atom is 0.0436 e. The average molecular weight is 343 g/mol. The van der Waals surface area contributed by atoms with E-state index in [-0.39, 0.29) is 25.2 Å². The van der Waals surface area contributed by atoms with E-state index < -0.39 is 0 Å². The largest absolute Gasteiger partial charge is 0.396 e. The molecule has 0 saturated heterocycles. The SMILES string of the molecule is OCCC1CCCCCCCCCCCCCC1(CCO)CCO. The van der Waals surface area contributed by atoms with E-state index in [1.807, 2.05) is 0 Å². The van der Waals surface area contributed by atoms with Crippen molar-refractivity contribution >= 4 is 0 Å². The Labute approximate surface area is 149 Å². The molecule has 144 valence electrons. The maximum absolute atomic E-state index is 9.66. The Kier molecular flexibility index (Phi) is 12.9. The van der Waals surface area contributed by atoms with Crippen LogP contribution in [0.3, 0.4) is 0 Å². The van der Waals surface area contributed by atoms with Crippen molar-refractivity contribution in [3.8, 4) is 0 Å². The molecule has 3 N–H and O–H groups in total. The van der Waals surface area contributed by atoms with Crippen molar-refractivity contribution in [1.29, 1.82) is 0 Å². The highest BCUT2D eigenvalue weighted by Gasteiger charge is 2.36. The molecule has 1 aliphatic carbocycles. The molecule has 0 amide bonds. The van der Waals surface area contributed by atoms with Crippen LogP contribution in [0.5, 0.6) is 0 Å². The van der Waals surface area contributed by atoms with E-state index in [9.17, 15) is 15.3 Å². The fraction of sp³-hybridized carbons (Fsp3) is 1.00. The summed E-state index contributed by atoms with van der Waals surface area (Å²) in [4.78, 5) is 0. The second-order valence-corrected chi connectivity index (χ2v) is 7.95. The molecule has 1 fully saturated rings. The van der Waals surface area contributed by atoms with E-state index in [2.05, 4.69) is 0 Å². The first-order valence-electron chi connectivity index (χ1n) is 10.6. The molecular weight excluding hydrogens is 300 g/mol. The molecule has 1 aliphatic rings. The number of hydrogen-bond donors (Lipinski definition) is 3. The summed E-state index contributed by atoms with van der Waals surface area (Å²) in [6, 6.07) is 0. The lowest BCUT2D eigenvalue weighted by Crippen LogP contribution is -2.34. The maximum atomic E-state index is 9.66. The summed E-state index contributed by atoms with van der Waals surface area (Å²) in [6.45, 7) is 0.618. The third-order valence-electron chi connectivity index (χ3n) is 6.29. The Bertz CT molecular complexity index is 274. The number of aliphatic hydroxyl groups is 3. The van der Waals surface area contributed by atoms with Crippen molar-refractivity contribution in [2.45, 2.75) is 103 Å². The molecule has 3 nitrogen and oxygen atoms in total. The van der Waals surface area contributed by atoms with Gasteiger partial charge in [0, 0.05) is 19.8 Å². The fourth-order valence-electron chi connectivity index (χ4n) is 4.80. The van der Waals surface area contributed by atoms with Gasteiger partial charge in [0.2, 0.25) is 0 Å². The first-order valence-corrected chi connectivity index (χ1v) is 10.6. The van der Waals surface area contributed by atoms with Crippen molar-refractivity contribution in [2.24, 2.45) is 11.3 Å². The zero-order valence-electron chi connectivity index (χ0n) is 15.9. The Morgan fingerprint density at radius 2 is 1.04 bits per heavy atom. The summed E-state index contributed by atoms with van der Waals surface area (Å²) in [7, 11) is 0. The van der Waals surface area contributed by atoms with E-state index >= 15 is 0 Å². The Morgan fingerprint density at radius 3 is 1.50 bits per heavy atom. The van der Waals surface area contributed by atoms with Crippen molar-refractivity contribution < 1.29 is 15.3 Å². The Hall–Kier alpha value is -0.120. The molecular formula is C21H42O3. The zero-order valence-corrected chi connectivity index (χ0v) is 15.9. The first kappa shape index (κ1) is 21.9. The predicted octanol–water partition coefficient (Wildman–Crippen LogP) is 4.82. The summed E-state index contributed by atoms with van der Waals surface area (Å²) in [5, 5.41) is 28.9. The minimum atomic E-state index is 0.0202. The van der Waals surface area contributed by atoms with Gasteiger partial charge in [0.1, 0.15) is 0 Å². The molecule has 24 heavy (non-hydrogen) atoms. The minimum absolute atomic E-state index is 0.0202. The molecule has 1 unspecified atom stereocenters. The molecule has 0 radical (unpaired) electrons. The molecule has 1 rings (SSSR count). The molecule has 1 saturated carbocycles. The number of hydrogen-bond acceptors (Lipinski definition) is 3. The normalized spacial score (nSPS) is 24.9. The van der Waals surface area contributed by atoms with Gasteiger partial charge in [-0.3, -0.25) is 0 Å². The van der Waals surface area contributed by atoms with Crippen LogP contribution in [-0.2, 0) is 0 Å². The van der Waals surface area contributed by atoms with Gasteiger partial charge in [-0.2, -0.15) is 0 Å². The molecule has 0 aliphatic heterocycles. The second kappa shape index (κ2) is 14.1. The minimum Gasteiger partial charge on any atom is -0.396 e. The third kappa shape index (κ3) is 8.31. The molecule has 0 aromatic rings. The molecule has 0 bridgehead atoms. The summed E-state index contributed by atoms with van der Waals surface area (Å²) >= 11 is 0. The van der Waals surface area contributed by atoms with Gasteiger partial charge in [0.15, 0.2) is 0 Å². The van der Waals surface area contributed by atoms with E-state index in [1.54, 1.807) is 0 Å². The van der Waals surface area contributed by atoms with Crippen LogP contribution in [0.15, 0.2) is 0 Å². The standard InChI is InChI=1S/C21H42O3/c22-17-13-20-12-10-8-6-4-2-1-3-5-7-9-11-14-21(20,15-18-23)16-19-24/h20,22-24H,1-19H2. The number of aliphatic hydroxyl groups excluding tert-OH is 3. The Balaban J connectivity index is 2.77. The molecule has 1 atom stereocenters. The average Bonchev–Trinajstić information content (AvgIpc) is 2.58. The first-order chi connectivity index (χ1) is 11.8. The summed E-state index contributed by atoms with van der Waals surface area (Å²) in [5.74, 6) is 0.437. The van der Waals surface area contributed by atoms with Crippen molar-refractivity contribution in [3.63, 3.8) is 0 Å². The topological polar surface area (TPSA) is 60.7 Å². The van der Waals surface area contributed by atoms with Gasteiger partial charge in [0.25, 0.3) is 0 Å². The van der Waals surface area contributed by atoms with Crippen LogP contribution in [0, 0.1) is 11.3 Å². The van der Waals surface area contributed by atoms with Gasteiger partial charge < -0.3 is 15.3 Å². The van der Waals surface area contributed by atoms with Crippen LogP contribution in [0.25, 0.3) is 0 Å². The quantitative estimate of drug-likeness (QED) is 0.648. The molecule has 0 aromatic heterocycles. The highest BCUT2D eigenvalue weighted by molar-refractivity contribution is 4.86. The van der Waals surface area contributed by atoms with E-state index in [1.165, 1.54) is 70.6 Å². The van der Waals surface area contributed by atoms with E-state index in [0.29, 0.717) is 5.92 Å². The van der Waals surface area contributed by atoms with Gasteiger partial charge in [-0.1, -0.05) is 70.6 Å². The summed E-state index contributed by atoms with van der Waals surface area (Å²) in [5.41, 5.74) is 0.0202. The van der Waals surface area contributed by atoms with Gasteiger partial charge in [0.05, 0.1) is 0 Å². The summed E-state index contributed by atoms with van der Waals surface area (Å²) in [6.07, 6.45) is 19.1. The van der Waals surface area contributed by atoms with Gasteiger partial charge in [-0.05, 0) is 43.4 Å². The van der Waals surface area contributed by atoms with Crippen LogP contribution in [0.4, 0.5) is 0 Å². The van der Waals surface area contributed by atoms with Crippen LogP contribution < -0.4 is 0 Å². The highest BCUT2D eigenvalue weighted by atomic mass is 16.3. The molecule has 0 aromatic carbocycles. The predicted molar refractivity (Wildman–Crippen MR) is 101 cm³/mol. The van der Waals surface area contributed by atoms with Crippen LogP contribution >= 0.6 is 0 Å². The lowest BCUT2D eigenvalue weighted by Gasteiger charge is -2.41. The summed E-state index contributed by atoms with van der Waals surface area (Å²) < 4.78 is 0. The van der Waals surface area contributed by atoms with Crippen LogP contribution in [0.2, 0.25) is 0 Å². The molecule has 0 heterocycles. The molecule has 3 heteroatoms. The van der Waals surface area contributed by atoms with Crippen LogP contribution in [0.1, 0.15) is 103 Å². The third-order valence-corrected chi connectivity index (χ3v) is 6.29. The lowest BCUT2D eigenvalue weighted by molar-refractivity contribution is 0.0383. The van der Waals surface area contributed by atoms with E-state index in [0.717, 1.165) is 32.1 Å². The van der Waals surface area contributed by atoms with Crippen molar-refractivity contribution in [2.75, 3.05) is 19.8 Å². The highest BCUT2D eigenvalue weighted by Crippen LogP contribution is 2.44.